The molecule has 0 aliphatic carbocycles. The number of carbonyl (C=O) groups is 1. The summed E-state index contributed by atoms with van der Waals surface area (Å²) >= 11 is 6.07. The molecule has 148 valence electrons. The molecule has 0 bridgehead atoms. The molecule has 1 amide bonds. The van der Waals surface area contributed by atoms with E-state index in [9.17, 15) is 18.0 Å². The number of benzene rings is 1. The van der Waals surface area contributed by atoms with Gasteiger partial charge in [-0.05, 0) is 37.1 Å². The van der Waals surface area contributed by atoms with Crippen molar-refractivity contribution in [1.82, 2.24) is 9.38 Å². The van der Waals surface area contributed by atoms with Gasteiger partial charge in [-0.3, -0.25) is 9.20 Å². The molecule has 0 radical (unpaired) electrons. The number of fused-ring (bicyclic) bond motifs is 1. The number of carbonyl (C=O) groups excluding carboxylic acids is 1. The van der Waals surface area contributed by atoms with Crippen molar-refractivity contribution in [3.8, 4) is 5.75 Å². The summed E-state index contributed by atoms with van der Waals surface area (Å²) < 4.78 is 45.7. The van der Waals surface area contributed by atoms with Gasteiger partial charge in [0.15, 0.2) is 0 Å². The number of ether oxygens (including phenoxy) is 1. The molecule has 28 heavy (non-hydrogen) atoms. The molecule has 1 aromatic carbocycles. The average molecular weight is 412 g/mol. The van der Waals surface area contributed by atoms with Crippen LogP contribution in [-0.2, 0) is 12.6 Å². The second-order valence-electron chi connectivity index (χ2n) is 6.16. The molecule has 0 unspecified atom stereocenters. The standard InChI is InChI=1S/C19H17ClF3N3O2/c1-4-13-17(26-9-11(19(21,22)23)5-6-16(26)24-13)18(27)25-14-7-10(2)12(20)8-15(14)28-3/h5-9H,4H2,1-3H3,(H,25,27). The number of halogens is 4. The average Bonchev–Trinajstić information content (AvgIpc) is 3.01. The van der Waals surface area contributed by atoms with Crippen molar-refractivity contribution >= 4 is 28.8 Å². The summed E-state index contributed by atoms with van der Waals surface area (Å²) in [6.07, 6.45) is -3.28. The van der Waals surface area contributed by atoms with E-state index in [0.717, 1.165) is 16.7 Å². The monoisotopic (exact) mass is 411 g/mol. The van der Waals surface area contributed by atoms with Crippen molar-refractivity contribution < 1.29 is 22.7 Å². The smallest absolute Gasteiger partial charge is 0.417 e. The number of pyridine rings is 1. The van der Waals surface area contributed by atoms with Crippen LogP contribution < -0.4 is 10.1 Å². The summed E-state index contributed by atoms with van der Waals surface area (Å²) in [6.45, 7) is 3.54. The third-order valence-electron chi connectivity index (χ3n) is 4.30. The minimum atomic E-state index is -4.53. The summed E-state index contributed by atoms with van der Waals surface area (Å²) in [6, 6.07) is 5.37. The number of nitrogens with zero attached hydrogens (tertiary/aromatic N) is 2. The number of hydrogen-bond acceptors (Lipinski definition) is 3. The molecule has 1 N–H and O–H groups in total. The molecule has 2 heterocycles. The van der Waals surface area contributed by atoms with Gasteiger partial charge < -0.3 is 10.1 Å². The number of imidazole rings is 1. The lowest BCUT2D eigenvalue weighted by molar-refractivity contribution is -0.137. The molecule has 0 aliphatic rings. The van der Waals surface area contributed by atoms with Crippen LogP contribution in [0.25, 0.3) is 5.65 Å². The Kier molecular flexibility index (Phi) is 5.25. The third kappa shape index (κ3) is 3.64. The highest BCUT2D eigenvalue weighted by atomic mass is 35.5. The number of hydrogen-bond donors (Lipinski definition) is 1. The van der Waals surface area contributed by atoms with E-state index in [1.54, 1.807) is 26.0 Å². The Morgan fingerprint density at radius 3 is 2.64 bits per heavy atom. The SMILES string of the molecule is CCc1nc2ccc(C(F)(F)F)cn2c1C(=O)Nc1cc(C)c(Cl)cc1OC. The molecule has 9 heteroatoms. The molecule has 3 aromatic rings. The number of methoxy groups -OCH3 is 1. The zero-order chi connectivity index (χ0) is 20.6. The van der Waals surface area contributed by atoms with Crippen molar-refractivity contribution in [3.63, 3.8) is 0 Å². The second-order valence-corrected chi connectivity index (χ2v) is 6.57. The number of amides is 1. The van der Waals surface area contributed by atoms with Gasteiger partial charge in [-0.25, -0.2) is 4.98 Å². The summed E-state index contributed by atoms with van der Waals surface area (Å²) in [7, 11) is 1.43. The van der Waals surface area contributed by atoms with E-state index >= 15 is 0 Å². The number of aromatic nitrogens is 2. The van der Waals surface area contributed by atoms with E-state index in [1.807, 2.05) is 0 Å². The zero-order valence-electron chi connectivity index (χ0n) is 15.3. The second kappa shape index (κ2) is 7.35. The lowest BCUT2D eigenvalue weighted by Gasteiger charge is -2.13. The van der Waals surface area contributed by atoms with Crippen molar-refractivity contribution in [2.24, 2.45) is 0 Å². The Morgan fingerprint density at radius 1 is 1.32 bits per heavy atom. The first-order chi connectivity index (χ1) is 13.2. The fourth-order valence-corrected chi connectivity index (χ4v) is 3.01. The fraction of sp³-hybridized carbons (Fsp3) is 0.263. The molecule has 0 atom stereocenters. The van der Waals surface area contributed by atoms with Gasteiger partial charge in [0.25, 0.3) is 5.91 Å². The Morgan fingerprint density at radius 2 is 2.04 bits per heavy atom. The minimum Gasteiger partial charge on any atom is -0.495 e. The van der Waals surface area contributed by atoms with Crippen molar-refractivity contribution in [3.05, 3.63) is 58.0 Å². The van der Waals surface area contributed by atoms with Gasteiger partial charge in [0.05, 0.1) is 24.1 Å². The van der Waals surface area contributed by atoms with Crippen LogP contribution in [0.3, 0.4) is 0 Å². The van der Waals surface area contributed by atoms with Crippen LogP contribution in [0.4, 0.5) is 18.9 Å². The van der Waals surface area contributed by atoms with E-state index in [0.29, 0.717) is 34.1 Å². The Bertz CT molecular complexity index is 1060. The van der Waals surface area contributed by atoms with Crippen molar-refractivity contribution in [1.29, 1.82) is 0 Å². The molecule has 3 rings (SSSR count). The van der Waals surface area contributed by atoms with Crippen LogP contribution >= 0.6 is 11.6 Å². The zero-order valence-corrected chi connectivity index (χ0v) is 16.1. The van der Waals surface area contributed by atoms with Crippen LogP contribution in [-0.4, -0.2) is 22.4 Å². The first-order valence-corrected chi connectivity index (χ1v) is 8.77. The lowest BCUT2D eigenvalue weighted by atomic mass is 10.2. The largest absolute Gasteiger partial charge is 0.495 e. The Labute approximate surface area is 164 Å². The maximum absolute atomic E-state index is 13.1. The predicted octanol–water partition coefficient (Wildman–Crippen LogP) is 5.14. The molecule has 0 saturated heterocycles. The number of anilines is 1. The van der Waals surface area contributed by atoms with E-state index in [1.165, 1.54) is 13.2 Å². The van der Waals surface area contributed by atoms with E-state index in [4.69, 9.17) is 16.3 Å². The summed E-state index contributed by atoms with van der Waals surface area (Å²) in [5.74, 6) is -0.254. The normalized spacial score (nSPS) is 11.7. The van der Waals surface area contributed by atoms with Crippen molar-refractivity contribution in [2.75, 3.05) is 12.4 Å². The van der Waals surface area contributed by atoms with Crippen LogP contribution in [0.5, 0.6) is 5.75 Å². The first-order valence-electron chi connectivity index (χ1n) is 8.39. The van der Waals surface area contributed by atoms with Crippen molar-refractivity contribution in [2.45, 2.75) is 26.4 Å². The topological polar surface area (TPSA) is 55.6 Å². The Balaban J connectivity index is 2.10. The number of aryl methyl sites for hydroxylation is 2. The van der Waals surface area contributed by atoms with Crippen LogP contribution in [0, 0.1) is 6.92 Å². The quantitative estimate of drug-likeness (QED) is 0.646. The van der Waals surface area contributed by atoms with Gasteiger partial charge >= 0.3 is 6.18 Å². The molecule has 0 aliphatic heterocycles. The van der Waals surface area contributed by atoms with Crippen LogP contribution in [0.1, 0.15) is 34.2 Å². The molecular formula is C19H17ClF3N3O2. The molecule has 0 saturated carbocycles. The first kappa shape index (κ1) is 20.0. The van der Waals surface area contributed by atoms with Gasteiger partial charge in [-0.2, -0.15) is 13.2 Å². The maximum atomic E-state index is 13.1. The number of alkyl halides is 3. The maximum Gasteiger partial charge on any atom is 0.417 e. The van der Waals surface area contributed by atoms with Crippen LogP contribution in [0.15, 0.2) is 30.5 Å². The Hall–Kier alpha value is -2.74. The van der Waals surface area contributed by atoms with E-state index in [-0.39, 0.29) is 11.3 Å². The van der Waals surface area contributed by atoms with Gasteiger partial charge in [-0.1, -0.05) is 18.5 Å². The lowest BCUT2D eigenvalue weighted by Crippen LogP contribution is -2.17. The number of rotatable bonds is 4. The van der Waals surface area contributed by atoms with Gasteiger partial charge in [0.1, 0.15) is 17.1 Å². The molecule has 0 spiro atoms. The molecular weight excluding hydrogens is 395 g/mol. The van der Waals surface area contributed by atoms with Gasteiger partial charge in [-0.15, -0.1) is 0 Å². The molecule has 0 fully saturated rings. The predicted molar refractivity (Wildman–Crippen MR) is 100 cm³/mol. The van der Waals surface area contributed by atoms with Crippen LogP contribution in [0.2, 0.25) is 5.02 Å². The van der Waals surface area contributed by atoms with E-state index < -0.39 is 17.6 Å². The van der Waals surface area contributed by atoms with Gasteiger partial charge in [0, 0.05) is 17.3 Å². The molecule has 5 nitrogen and oxygen atoms in total. The summed E-state index contributed by atoms with van der Waals surface area (Å²) in [5, 5.41) is 3.16. The fourth-order valence-electron chi connectivity index (χ4n) is 2.86. The van der Waals surface area contributed by atoms with E-state index in [2.05, 4.69) is 10.3 Å². The summed E-state index contributed by atoms with van der Waals surface area (Å²) in [4.78, 5) is 17.2. The summed E-state index contributed by atoms with van der Waals surface area (Å²) in [5.41, 5.74) is 0.896. The third-order valence-corrected chi connectivity index (χ3v) is 4.70. The molecule has 2 aromatic heterocycles. The van der Waals surface area contributed by atoms with Gasteiger partial charge in [0.2, 0.25) is 0 Å². The number of nitrogens with one attached hydrogen (secondary N) is 1. The highest BCUT2D eigenvalue weighted by Gasteiger charge is 2.32. The minimum absolute atomic E-state index is 0.0401. The highest BCUT2D eigenvalue weighted by Crippen LogP contribution is 2.32. The highest BCUT2D eigenvalue weighted by molar-refractivity contribution is 6.31.